The van der Waals surface area contributed by atoms with Gasteiger partial charge in [0.05, 0.1) is 21.1 Å². The van der Waals surface area contributed by atoms with E-state index in [9.17, 15) is 0 Å². The molecular formula is C14H12Cl2N4. The summed E-state index contributed by atoms with van der Waals surface area (Å²) < 4.78 is 0. The molecule has 0 atom stereocenters. The molecule has 0 saturated carbocycles. The zero-order valence-corrected chi connectivity index (χ0v) is 12.5. The minimum absolute atomic E-state index is 0.560. The minimum atomic E-state index is 0.560. The molecule has 0 radical (unpaired) electrons. The van der Waals surface area contributed by atoms with Gasteiger partial charge < -0.3 is 9.88 Å². The summed E-state index contributed by atoms with van der Waals surface area (Å²) in [5, 5.41) is 1.12. The molecule has 6 heteroatoms. The van der Waals surface area contributed by atoms with Crippen molar-refractivity contribution in [1.29, 1.82) is 0 Å². The third-order valence-corrected chi connectivity index (χ3v) is 3.62. The quantitative estimate of drug-likeness (QED) is 0.778. The molecule has 0 spiro atoms. The summed E-state index contributed by atoms with van der Waals surface area (Å²) in [6.45, 7) is 0. The molecule has 0 aliphatic rings. The first-order valence-corrected chi connectivity index (χ1v) is 6.80. The first kappa shape index (κ1) is 13.2. The molecule has 4 nitrogen and oxygen atoms in total. The van der Waals surface area contributed by atoms with Crippen molar-refractivity contribution in [2.24, 2.45) is 0 Å². The maximum Gasteiger partial charge on any atom is 0.180 e. The highest BCUT2D eigenvalue weighted by atomic mass is 35.5. The highest BCUT2D eigenvalue weighted by molar-refractivity contribution is 6.39. The molecule has 2 aromatic heterocycles. The molecule has 20 heavy (non-hydrogen) atoms. The Labute approximate surface area is 126 Å². The predicted octanol–water partition coefficient (Wildman–Crippen LogP) is 4.00. The van der Waals surface area contributed by atoms with Gasteiger partial charge in [-0.15, -0.1) is 0 Å². The summed E-state index contributed by atoms with van der Waals surface area (Å²) in [6.07, 6.45) is 0. The van der Waals surface area contributed by atoms with Crippen LogP contribution in [0.3, 0.4) is 0 Å². The molecule has 2 heterocycles. The number of H-pyrrole nitrogens is 1. The van der Waals surface area contributed by atoms with Crippen molar-refractivity contribution >= 4 is 40.2 Å². The van der Waals surface area contributed by atoms with Crippen LogP contribution in [0.25, 0.3) is 22.6 Å². The number of benzene rings is 1. The van der Waals surface area contributed by atoms with Gasteiger partial charge in [0.1, 0.15) is 11.6 Å². The summed E-state index contributed by atoms with van der Waals surface area (Å²) in [5.41, 5.74) is 2.18. The van der Waals surface area contributed by atoms with E-state index in [0.717, 1.165) is 11.3 Å². The molecule has 0 saturated heterocycles. The van der Waals surface area contributed by atoms with Crippen molar-refractivity contribution in [3.63, 3.8) is 0 Å². The van der Waals surface area contributed by atoms with Gasteiger partial charge in [-0.05, 0) is 24.3 Å². The zero-order chi connectivity index (χ0) is 14.3. The molecule has 0 amide bonds. The Morgan fingerprint density at radius 3 is 2.35 bits per heavy atom. The lowest BCUT2D eigenvalue weighted by Crippen LogP contribution is -2.10. The van der Waals surface area contributed by atoms with Crippen LogP contribution in [0.5, 0.6) is 0 Å². The molecule has 1 N–H and O–H groups in total. The van der Waals surface area contributed by atoms with E-state index in [0.29, 0.717) is 27.1 Å². The molecular weight excluding hydrogens is 295 g/mol. The van der Waals surface area contributed by atoms with Crippen molar-refractivity contribution in [3.05, 3.63) is 40.4 Å². The number of anilines is 1. The Kier molecular flexibility index (Phi) is 3.28. The number of fused-ring (bicyclic) bond motifs is 1. The lowest BCUT2D eigenvalue weighted by Gasteiger charge is -2.09. The smallest absolute Gasteiger partial charge is 0.180 e. The number of halogens is 2. The fourth-order valence-electron chi connectivity index (χ4n) is 1.97. The number of aromatic amines is 1. The number of hydrogen-bond donors (Lipinski definition) is 1. The second-order valence-corrected chi connectivity index (χ2v) is 5.43. The number of rotatable bonds is 2. The first-order chi connectivity index (χ1) is 9.56. The Morgan fingerprint density at radius 2 is 1.70 bits per heavy atom. The standard InChI is InChI=1S/C14H12Cl2N4/c1-20(2)11-7-6-10-13(18-11)19-14(17-10)12-8(15)4-3-5-9(12)16/h3-7H,1-2H3,(H,17,18,19). The molecule has 3 aromatic rings. The van der Waals surface area contributed by atoms with Crippen LogP contribution in [0.4, 0.5) is 5.82 Å². The van der Waals surface area contributed by atoms with Crippen LogP contribution in [0.2, 0.25) is 10.0 Å². The Hall–Kier alpha value is -1.78. The largest absolute Gasteiger partial charge is 0.363 e. The van der Waals surface area contributed by atoms with Gasteiger partial charge >= 0.3 is 0 Å². The highest BCUT2D eigenvalue weighted by Crippen LogP contribution is 2.33. The van der Waals surface area contributed by atoms with E-state index in [1.54, 1.807) is 18.2 Å². The minimum Gasteiger partial charge on any atom is -0.363 e. The van der Waals surface area contributed by atoms with Crippen molar-refractivity contribution in [2.45, 2.75) is 0 Å². The van der Waals surface area contributed by atoms with Crippen molar-refractivity contribution in [3.8, 4) is 11.4 Å². The lowest BCUT2D eigenvalue weighted by atomic mass is 10.2. The van der Waals surface area contributed by atoms with E-state index < -0.39 is 0 Å². The van der Waals surface area contributed by atoms with E-state index >= 15 is 0 Å². The molecule has 0 aliphatic heterocycles. The summed E-state index contributed by atoms with van der Waals surface area (Å²) >= 11 is 12.4. The van der Waals surface area contributed by atoms with Gasteiger partial charge in [0.25, 0.3) is 0 Å². The third kappa shape index (κ3) is 2.21. The van der Waals surface area contributed by atoms with E-state index in [-0.39, 0.29) is 0 Å². The van der Waals surface area contributed by atoms with Crippen molar-refractivity contribution in [1.82, 2.24) is 15.0 Å². The number of pyridine rings is 1. The number of aromatic nitrogens is 3. The Morgan fingerprint density at radius 1 is 1.00 bits per heavy atom. The van der Waals surface area contributed by atoms with E-state index in [4.69, 9.17) is 23.2 Å². The van der Waals surface area contributed by atoms with Crippen LogP contribution in [0, 0.1) is 0 Å². The lowest BCUT2D eigenvalue weighted by molar-refractivity contribution is 1.08. The Bertz CT molecular complexity index is 760. The molecule has 102 valence electrons. The predicted molar refractivity (Wildman–Crippen MR) is 83.7 cm³/mol. The van der Waals surface area contributed by atoms with Crippen LogP contribution < -0.4 is 4.90 Å². The third-order valence-electron chi connectivity index (χ3n) is 2.99. The second kappa shape index (κ2) is 4.96. The first-order valence-electron chi connectivity index (χ1n) is 6.05. The van der Waals surface area contributed by atoms with E-state index in [1.807, 2.05) is 31.1 Å². The average Bonchev–Trinajstić information content (AvgIpc) is 2.80. The van der Waals surface area contributed by atoms with Gasteiger partial charge in [-0.3, -0.25) is 0 Å². The van der Waals surface area contributed by atoms with Crippen molar-refractivity contribution < 1.29 is 0 Å². The van der Waals surface area contributed by atoms with E-state index in [1.165, 1.54) is 0 Å². The molecule has 0 fully saturated rings. The van der Waals surface area contributed by atoms with Gasteiger partial charge in [0.2, 0.25) is 0 Å². The SMILES string of the molecule is CN(C)c1ccc2[nH]c(-c3c(Cl)cccc3Cl)nc2n1. The summed E-state index contributed by atoms with van der Waals surface area (Å²) in [4.78, 5) is 14.1. The van der Waals surface area contributed by atoms with Gasteiger partial charge in [-0.25, -0.2) is 9.97 Å². The van der Waals surface area contributed by atoms with Crippen molar-refractivity contribution in [2.75, 3.05) is 19.0 Å². The fourth-order valence-corrected chi connectivity index (χ4v) is 2.55. The maximum atomic E-state index is 6.20. The average molecular weight is 307 g/mol. The topological polar surface area (TPSA) is 44.8 Å². The molecule has 1 aromatic carbocycles. The number of imidazole rings is 1. The van der Waals surface area contributed by atoms with Gasteiger partial charge in [0, 0.05) is 14.1 Å². The normalized spacial score (nSPS) is 11.0. The van der Waals surface area contributed by atoms with Crippen LogP contribution in [-0.2, 0) is 0 Å². The monoisotopic (exact) mass is 306 g/mol. The highest BCUT2D eigenvalue weighted by Gasteiger charge is 2.13. The Balaban J connectivity index is 2.18. The second-order valence-electron chi connectivity index (χ2n) is 4.62. The van der Waals surface area contributed by atoms with Crippen LogP contribution in [0.1, 0.15) is 0 Å². The van der Waals surface area contributed by atoms with Crippen LogP contribution in [0.15, 0.2) is 30.3 Å². The van der Waals surface area contributed by atoms with Gasteiger partial charge in [-0.1, -0.05) is 29.3 Å². The summed E-state index contributed by atoms with van der Waals surface area (Å²) in [7, 11) is 3.87. The van der Waals surface area contributed by atoms with Gasteiger partial charge in [-0.2, -0.15) is 0 Å². The van der Waals surface area contributed by atoms with Gasteiger partial charge in [0.15, 0.2) is 5.65 Å². The molecule has 3 rings (SSSR count). The molecule has 0 bridgehead atoms. The number of hydrogen-bond acceptors (Lipinski definition) is 3. The number of nitrogens with zero attached hydrogens (tertiary/aromatic N) is 3. The number of nitrogens with one attached hydrogen (secondary N) is 1. The molecule has 0 unspecified atom stereocenters. The zero-order valence-electron chi connectivity index (χ0n) is 11.0. The maximum absolute atomic E-state index is 6.20. The summed E-state index contributed by atoms with van der Waals surface area (Å²) in [5.74, 6) is 1.47. The van der Waals surface area contributed by atoms with E-state index in [2.05, 4.69) is 15.0 Å². The summed E-state index contributed by atoms with van der Waals surface area (Å²) in [6, 6.07) is 9.25. The fraction of sp³-hybridized carbons (Fsp3) is 0.143. The van der Waals surface area contributed by atoms with Crippen LogP contribution in [-0.4, -0.2) is 29.0 Å². The molecule has 0 aliphatic carbocycles. The van der Waals surface area contributed by atoms with Crippen LogP contribution >= 0.6 is 23.2 Å².